The number of ether oxygens (including phenoxy) is 2. The molecular formula is C15H27NO4. The van der Waals surface area contributed by atoms with Crippen LogP contribution in [0.1, 0.15) is 46.5 Å². The van der Waals surface area contributed by atoms with Crippen LogP contribution in [0.3, 0.4) is 0 Å². The van der Waals surface area contributed by atoms with Crippen LogP contribution in [0.5, 0.6) is 0 Å². The zero-order valence-electron chi connectivity index (χ0n) is 12.9. The zero-order valence-corrected chi connectivity index (χ0v) is 12.9. The highest BCUT2D eigenvalue weighted by Crippen LogP contribution is 2.35. The number of nitrogens with zero attached hydrogens (tertiary/aromatic N) is 1. The van der Waals surface area contributed by atoms with Gasteiger partial charge in [-0.25, -0.2) is 4.79 Å². The van der Waals surface area contributed by atoms with Crippen molar-refractivity contribution in [2.75, 3.05) is 26.3 Å². The molecule has 2 aliphatic rings. The first-order valence-corrected chi connectivity index (χ1v) is 7.58. The van der Waals surface area contributed by atoms with Gasteiger partial charge in [-0.05, 0) is 52.4 Å². The summed E-state index contributed by atoms with van der Waals surface area (Å²) in [5.41, 5.74) is -1.05. The number of carbonyl (C=O) groups excluding carboxylic acids is 1. The molecule has 2 saturated heterocycles. The molecule has 1 amide bonds. The normalized spacial score (nSPS) is 24.5. The van der Waals surface area contributed by atoms with E-state index < -0.39 is 11.2 Å². The molecule has 0 aliphatic carbocycles. The Bertz CT molecular complexity index is 336. The molecule has 0 spiro atoms. The Morgan fingerprint density at radius 2 is 1.80 bits per heavy atom. The number of piperidine rings is 1. The number of amides is 1. The van der Waals surface area contributed by atoms with E-state index in [0.717, 1.165) is 12.8 Å². The number of carbonyl (C=O) groups is 1. The quantitative estimate of drug-likeness (QED) is 0.802. The van der Waals surface area contributed by atoms with E-state index >= 15 is 0 Å². The maximum absolute atomic E-state index is 12.0. The molecule has 0 unspecified atom stereocenters. The smallest absolute Gasteiger partial charge is 0.410 e. The number of hydrogen-bond donors (Lipinski definition) is 1. The predicted molar refractivity (Wildman–Crippen MR) is 75.5 cm³/mol. The molecule has 5 nitrogen and oxygen atoms in total. The van der Waals surface area contributed by atoms with Gasteiger partial charge < -0.3 is 19.5 Å². The minimum atomic E-state index is -0.599. The maximum atomic E-state index is 12.0. The van der Waals surface area contributed by atoms with Crippen molar-refractivity contribution in [1.82, 2.24) is 4.90 Å². The van der Waals surface area contributed by atoms with Crippen molar-refractivity contribution in [3.05, 3.63) is 0 Å². The highest BCUT2D eigenvalue weighted by Gasteiger charge is 2.40. The Morgan fingerprint density at radius 3 is 2.30 bits per heavy atom. The standard InChI is InChI=1S/C15H27NO4/c1-14(2,3)20-13(17)16-8-4-12(5-9-16)15(18)6-10-19-11-7-15/h12,18H,4-11H2,1-3H3. The van der Waals surface area contributed by atoms with Crippen LogP contribution in [-0.2, 0) is 9.47 Å². The van der Waals surface area contributed by atoms with E-state index in [4.69, 9.17) is 9.47 Å². The van der Waals surface area contributed by atoms with E-state index in [1.54, 1.807) is 4.90 Å². The van der Waals surface area contributed by atoms with Crippen LogP contribution in [0, 0.1) is 5.92 Å². The van der Waals surface area contributed by atoms with Crippen LogP contribution < -0.4 is 0 Å². The van der Waals surface area contributed by atoms with Crippen molar-refractivity contribution in [3.63, 3.8) is 0 Å². The van der Waals surface area contributed by atoms with Gasteiger partial charge in [0.1, 0.15) is 5.60 Å². The lowest BCUT2D eigenvalue weighted by Crippen LogP contribution is -2.50. The summed E-state index contributed by atoms with van der Waals surface area (Å²) in [5, 5.41) is 10.7. The Morgan fingerprint density at radius 1 is 1.25 bits per heavy atom. The fourth-order valence-corrected chi connectivity index (χ4v) is 3.06. The monoisotopic (exact) mass is 285 g/mol. The van der Waals surface area contributed by atoms with Gasteiger partial charge in [0.05, 0.1) is 5.60 Å². The third-order valence-electron chi connectivity index (χ3n) is 4.27. The molecule has 1 N–H and O–H groups in total. The van der Waals surface area contributed by atoms with E-state index in [-0.39, 0.29) is 12.0 Å². The van der Waals surface area contributed by atoms with Crippen molar-refractivity contribution < 1.29 is 19.4 Å². The fraction of sp³-hybridized carbons (Fsp3) is 0.933. The van der Waals surface area contributed by atoms with Crippen LogP contribution in [-0.4, -0.2) is 53.6 Å². The molecule has 2 heterocycles. The summed E-state index contributed by atoms with van der Waals surface area (Å²) in [6, 6.07) is 0. The molecule has 0 aromatic heterocycles. The maximum Gasteiger partial charge on any atom is 0.410 e. The molecule has 2 fully saturated rings. The van der Waals surface area contributed by atoms with Gasteiger partial charge in [0.25, 0.3) is 0 Å². The Balaban J connectivity index is 1.84. The summed E-state index contributed by atoms with van der Waals surface area (Å²) >= 11 is 0. The number of aliphatic hydroxyl groups is 1. The molecular weight excluding hydrogens is 258 g/mol. The third-order valence-corrected chi connectivity index (χ3v) is 4.27. The van der Waals surface area contributed by atoms with Gasteiger partial charge in [0.15, 0.2) is 0 Å². The second-order valence-electron chi connectivity index (χ2n) is 6.96. The van der Waals surface area contributed by atoms with Gasteiger partial charge in [0.2, 0.25) is 0 Å². The molecule has 2 aliphatic heterocycles. The largest absolute Gasteiger partial charge is 0.444 e. The topological polar surface area (TPSA) is 59.0 Å². The second-order valence-corrected chi connectivity index (χ2v) is 6.96. The second kappa shape index (κ2) is 5.90. The Kier molecular flexibility index (Phi) is 4.59. The van der Waals surface area contributed by atoms with Gasteiger partial charge in [-0.2, -0.15) is 0 Å². The first-order valence-electron chi connectivity index (χ1n) is 7.58. The van der Waals surface area contributed by atoms with Gasteiger partial charge in [-0.1, -0.05) is 0 Å². The summed E-state index contributed by atoms with van der Waals surface area (Å²) < 4.78 is 10.7. The minimum Gasteiger partial charge on any atom is -0.444 e. The average molecular weight is 285 g/mol. The van der Waals surface area contributed by atoms with E-state index in [9.17, 15) is 9.90 Å². The van der Waals surface area contributed by atoms with Gasteiger partial charge in [0, 0.05) is 26.3 Å². The molecule has 0 bridgehead atoms. The third kappa shape index (κ3) is 3.85. The molecule has 116 valence electrons. The molecule has 0 aromatic carbocycles. The SMILES string of the molecule is CC(C)(C)OC(=O)N1CCC(C2(O)CCOCC2)CC1. The van der Waals surface area contributed by atoms with Crippen LogP contribution in [0.15, 0.2) is 0 Å². The first kappa shape index (κ1) is 15.6. The molecule has 0 radical (unpaired) electrons. The van der Waals surface area contributed by atoms with Crippen molar-refractivity contribution in [2.45, 2.75) is 57.7 Å². The van der Waals surface area contributed by atoms with Gasteiger partial charge in [-0.3, -0.25) is 0 Å². The molecule has 0 atom stereocenters. The van der Waals surface area contributed by atoms with Crippen molar-refractivity contribution in [3.8, 4) is 0 Å². The summed E-state index contributed by atoms with van der Waals surface area (Å²) in [5.74, 6) is 0.269. The molecule has 5 heteroatoms. The lowest BCUT2D eigenvalue weighted by Gasteiger charge is -2.43. The van der Waals surface area contributed by atoms with Crippen LogP contribution in [0.2, 0.25) is 0 Å². The fourth-order valence-electron chi connectivity index (χ4n) is 3.06. The van der Waals surface area contributed by atoms with E-state index in [2.05, 4.69) is 0 Å². The number of likely N-dealkylation sites (tertiary alicyclic amines) is 1. The zero-order chi connectivity index (χ0) is 14.8. The van der Waals surface area contributed by atoms with Crippen molar-refractivity contribution in [1.29, 1.82) is 0 Å². The average Bonchev–Trinajstić information content (AvgIpc) is 2.38. The molecule has 2 rings (SSSR count). The first-order chi connectivity index (χ1) is 9.30. The Hall–Kier alpha value is -0.810. The number of hydrogen-bond acceptors (Lipinski definition) is 4. The minimum absolute atomic E-state index is 0.241. The highest BCUT2D eigenvalue weighted by molar-refractivity contribution is 5.68. The predicted octanol–water partition coefficient (Wildman–Crippen LogP) is 2.17. The molecule has 20 heavy (non-hydrogen) atoms. The Labute approximate surface area is 121 Å². The summed E-state index contributed by atoms with van der Waals surface area (Å²) in [6.45, 7) is 8.25. The highest BCUT2D eigenvalue weighted by atomic mass is 16.6. The van der Waals surface area contributed by atoms with Crippen LogP contribution >= 0.6 is 0 Å². The van der Waals surface area contributed by atoms with E-state index in [1.807, 2.05) is 20.8 Å². The van der Waals surface area contributed by atoms with Crippen molar-refractivity contribution in [2.24, 2.45) is 5.92 Å². The van der Waals surface area contributed by atoms with Gasteiger partial charge >= 0.3 is 6.09 Å². The molecule has 0 aromatic rings. The van der Waals surface area contributed by atoms with Crippen LogP contribution in [0.25, 0.3) is 0 Å². The summed E-state index contributed by atoms with van der Waals surface area (Å²) in [4.78, 5) is 13.8. The summed E-state index contributed by atoms with van der Waals surface area (Å²) in [6.07, 6.45) is 2.87. The van der Waals surface area contributed by atoms with Crippen molar-refractivity contribution >= 4 is 6.09 Å². The summed E-state index contributed by atoms with van der Waals surface area (Å²) in [7, 11) is 0. The lowest BCUT2D eigenvalue weighted by molar-refractivity contribution is -0.111. The lowest BCUT2D eigenvalue weighted by atomic mass is 9.76. The number of rotatable bonds is 1. The van der Waals surface area contributed by atoms with Gasteiger partial charge in [-0.15, -0.1) is 0 Å². The van der Waals surface area contributed by atoms with E-state index in [0.29, 0.717) is 39.1 Å². The molecule has 0 saturated carbocycles. The van der Waals surface area contributed by atoms with Crippen LogP contribution in [0.4, 0.5) is 4.79 Å². The van der Waals surface area contributed by atoms with E-state index in [1.165, 1.54) is 0 Å².